The normalized spacial score (nSPS) is 11.2. The van der Waals surface area contributed by atoms with E-state index >= 15 is 0 Å². The van der Waals surface area contributed by atoms with Crippen LogP contribution < -0.4 is 5.43 Å². The summed E-state index contributed by atoms with van der Waals surface area (Å²) < 4.78 is 2.12. The van der Waals surface area contributed by atoms with Gasteiger partial charge in [-0.15, -0.1) is 0 Å². The van der Waals surface area contributed by atoms with Gasteiger partial charge in [-0.05, 0) is 37.6 Å². The first-order valence-corrected chi connectivity index (χ1v) is 9.25. The predicted octanol–water partition coefficient (Wildman–Crippen LogP) is 4.63. The van der Waals surface area contributed by atoms with E-state index in [-0.39, 0.29) is 5.43 Å². The van der Waals surface area contributed by atoms with Gasteiger partial charge in [0.15, 0.2) is 5.43 Å². The number of rotatable bonds is 4. The summed E-state index contributed by atoms with van der Waals surface area (Å²) in [5.41, 5.74) is 5.88. The Bertz CT molecular complexity index is 1190. The van der Waals surface area contributed by atoms with Crippen LogP contribution in [0.2, 0.25) is 5.02 Å². The van der Waals surface area contributed by atoms with Crippen LogP contribution in [0.15, 0.2) is 59.8 Å². The molecule has 0 saturated carbocycles. The van der Waals surface area contributed by atoms with Crippen molar-refractivity contribution in [3.8, 4) is 0 Å². The Morgan fingerprint density at radius 3 is 2.74 bits per heavy atom. The van der Waals surface area contributed by atoms with E-state index in [9.17, 15) is 4.79 Å². The summed E-state index contributed by atoms with van der Waals surface area (Å²) in [4.78, 5) is 20.5. The third kappa shape index (κ3) is 3.53. The predicted molar refractivity (Wildman–Crippen MR) is 110 cm³/mol. The van der Waals surface area contributed by atoms with E-state index < -0.39 is 0 Å². The zero-order chi connectivity index (χ0) is 19.0. The Morgan fingerprint density at radius 1 is 1.15 bits per heavy atom. The van der Waals surface area contributed by atoms with Crippen LogP contribution in [0.5, 0.6) is 0 Å². The van der Waals surface area contributed by atoms with Crippen LogP contribution in [0.3, 0.4) is 0 Å². The fourth-order valence-electron chi connectivity index (χ4n) is 3.44. The summed E-state index contributed by atoms with van der Waals surface area (Å²) >= 11 is 6.18. The average molecular weight is 378 g/mol. The summed E-state index contributed by atoms with van der Waals surface area (Å²) in [5, 5.41) is 1.20. The number of nitrogens with one attached hydrogen (secondary N) is 1. The average Bonchev–Trinajstić information content (AvgIpc) is 3.04. The minimum absolute atomic E-state index is 0.00962. The molecule has 4 rings (SSSR count). The van der Waals surface area contributed by atoms with Gasteiger partial charge in [-0.1, -0.05) is 41.4 Å². The highest BCUT2D eigenvalue weighted by Gasteiger charge is 2.13. The van der Waals surface area contributed by atoms with Gasteiger partial charge < -0.3 is 9.55 Å². The quantitative estimate of drug-likeness (QED) is 0.563. The lowest BCUT2D eigenvalue weighted by Crippen LogP contribution is -2.16. The first-order chi connectivity index (χ1) is 13.0. The van der Waals surface area contributed by atoms with Gasteiger partial charge in [0.2, 0.25) is 0 Å². The van der Waals surface area contributed by atoms with Crippen LogP contribution >= 0.6 is 11.6 Å². The van der Waals surface area contributed by atoms with E-state index in [0.717, 1.165) is 16.9 Å². The van der Waals surface area contributed by atoms with Gasteiger partial charge in [-0.2, -0.15) is 0 Å². The molecule has 0 amide bonds. The topological polar surface area (TPSA) is 50.7 Å². The van der Waals surface area contributed by atoms with E-state index in [4.69, 9.17) is 11.6 Å². The molecule has 2 heterocycles. The molecule has 0 aliphatic heterocycles. The van der Waals surface area contributed by atoms with Crippen LogP contribution in [0, 0.1) is 13.8 Å². The largest absolute Gasteiger partial charge is 0.348 e. The van der Waals surface area contributed by atoms with Crippen molar-refractivity contribution < 1.29 is 0 Å². The second-order valence-electron chi connectivity index (χ2n) is 6.91. The summed E-state index contributed by atoms with van der Waals surface area (Å²) in [7, 11) is 0. The molecule has 2 aromatic carbocycles. The monoisotopic (exact) mass is 377 g/mol. The van der Waals surface area contributed by atoms with Gasteiger partial charge in [0.05, 0.1) is 17.5 Å². The molecule has 0 saturated heterocycles. The molecule has 0 radical (unpaired) electrons. The number of fused-ring (bicyclic) bond motifs is 1. The van der Waals surface area contributed by atoms with E-state index in [1.54, 1.807) is 12.4 Å². The highest BCUT2D eigenvalue weighted by atomic mass is 35.5. The lowest BCUT2D eigenvalue weighted by molar-refractivity contribution is 0.812. The van der Waals surface area contributed by atoms with Crippen LogP contribution in [-0.2, 0) is 13.0 Å². The van der Waals surface area contributed by atoms with Gasteiger partial charge in [-0.25, -0.2) is 4.98 Å². The van der Waals surface area contributed by atoms with Crippen molar-refractivity contribution in [3.05, 3.63) is 98.3 Å². The molecule has 0 unspecified atom stereocenters. The third-order valence-electron chi connectivity index (χ3n) is 4.84. The number of hydrogen-bond donors (Lipinski definition) is 1. The molecule has 27 heavy (non-hydrogen) atoms. The molecule has 2 aromatic heterocycles. The number of hydrogen-bond acceptors (Lipinski definition) is 2. The highest BCUT2D eigenvalue weighted by Crippen LogP contribution is 2.20. The van der Waals surface area contributed by atoms with Gasteiger partial charge in [0, 0.05) is 40.8 Å². The SMILES string of the molecule is Cc1cccc(Cn2cc(Cc3nc[nH]c3C)c(=O)c3cc(Cl)ccc32)c1. The molecule has 0 aliphatic rings. The number of benzene rings is 2. The zero-order valence-corrected chi connectivity index (χ0v) is 16.0. The lowest BCUT2D eigenvalue weighted by atomic mass is 10.1. The minimum Gasteiger partial charge on any atom is -0.348 e. The zero-order valence-electron chi connectivity index (χ0n) is 15.3. The van der Waals surface area contributed by atoms with Crippen molar-refractivity contribution in [2.24, 2.45) is 0 Å². The maximum Gasteiger partial charge on any atom is 0.193 e. The number of imidazole rings is 1. The smallest absolute Gasteiger partial charge is 0.193 e. The van der Waals surface area contributed by atoms with Crippen LogP contribution in [0.1, 0.15) is 28.1 Å². The van der Waals surface area contributed by atoms with Gasteiger partial charge in [0.25, 0.3) is 0 Å². The van der Waals surface area contributed by atoms with E-state index in [0.29, 0.717) is 28.9 Å². The fraction of sp³-hybridized carbons (Fsp3) is 0.182. The van der Waals surface area contributed by atoms with E-state index in [1.807, 2.05) is 25.3 Å². The number of aryl methyl sites for hydroxylation is 2. The maximum absolute atomic E-state index is 13.1. The Hall–Kier alpha value is -2.85. The Kier molecular flexibility index (Phi) is 4.58. The molecule has 0 aliphatic carbocycles. The molecule has 0 fully saturated rings. The summed E-state index contributed by atoms with van der Waals surface area (Å²) in [6.45, 7) is 4.73. The molecule has 4 aromatic rings. The van der Waals surface area contributed by atoms with Crippen LogP contribution in [-0.4, -0.2) is 14.5 Å². The molecule has 0 spiro atoms. The number of halogens is 1. The van der Waals surface area contributed by atoms with E-state index in [1.165, 1.54) is 11.1 Å². The van der Waals surface area contributed by atoms with Crippen molar-refractivity contribution in [2.45, 2.75) is 26.8 Å². The van der Waals surface area contributed by atoms with Crippen molar-refractivity contribution in [1.29, 1.82) is 0 Å². The molecule has 5 heteroatoms. The molecular weight excluding hydrogens is 358 g/mol. The summed E-state index contributed by atoms with van der Waals surface area (Å²) in [5.74, 6) is 0. The third-order valence-corrected chi connectivity index (χ3v) is 5.08. The van der Waals surface area contributed by atoms with Crippen LogP contribution in [0.4, 0.5) is 0 Å². The first kappa shape index (κ1) is 17.6. The van der Waals surface area contributed by atoms with Crippen molar-refractivity contribution >= 4 is 22.5 Å². The number of nitrogens with zero attached hydrogens (tertiary/aromatic N) is 2. The molecule has 4 nitrogen and oxygen atoms in total. The Labute approximate surface area is 162 Å². The van der Waals surface area contributed by atoms with Gasteiger partial charge in [0.1, 0.15) is 0 Å². The molecule has 1 N–H and O–H groups in total. The number of aromatic nitrogens is 3. The summed E-state index contributed by atoms with van der Waals surface area (Å²) in [6.07, 6.45) is 4.10. The second-order valence-corrected chi connectivity index (χ2v) is 7.35. The second kappa shape index (κ2) is 7.05. The van der Waals surface area contributed by atoms with Gasteiger partial charge in [-0.3, -0.25) is 4.79 Å². The Balaban J connectivity index is 1.87. The van der Waals surface area contributed by atoms with Crippen molar-refractivity contribution in [2.75, 3.05) is 0 Å². The maximum atomic E-state index is 13.1. The minimum atomic E-state index is 0.00962. The standard InChI is InChI=1S/C22H20ClN3O/c1-14-4-3-5-16(8-14)11-26-12-17(9-20-15(2)24-13-25-20)22(27)19-10-18(23)6-7-21(19)26/h3-8,10,12-13H,9,11H2,1-2H3,(H,24,25). The lowest BCUT2D eigenvalue weighted by Gasteiger charge is -2.14. The number of H-pyrrole nitrogens is 1. The molecule has 136 valence electrons. The molecule has 0 bridgehead atoms. The van der Waals surface area contributed by atoms with Crippen LogP contribution in [0.25, 0.3) is 10.9 Å². The Morgan fingerprint density at radius 2 is 2.00 bits per heavy atom. The summed E-state index contributed by atoms with van der Waals surface area (Å²) in [6, 6.07) is 13.9. The van der Waals surface area contributed by atoms with Gasteiger partial charge >= 0.3 is 0 Å². The van der Waals surface area contributed by atoms with Crippen molar-refractivity contribution in [1.82, 2.24) is 14.5 Å². The van der Waals surface area contributed by atoms with E-state index in [2.05, 4.69) is 45.7 Å². The molecule has 0 atom stereocenters. The molecular formula is C22H20ClN3O. The number of pyridine rings is 1. The fourth-order valence-corrected chi connectivity index (χ4v) is 3.61. The number of aromatic amines is 1. The van der Waals surface area contributed by atoms with Crippen molar-refractivity contribution in [3.63, 3.8) is 0 Å². The first-order valence-electron chi connectivity index (χ1n) is 8.87. The highest BCUT2D eigenvalue weighted by molar-refractivity contribution is 6.31.